The molecule has 1 aromatic heterocycles. The van der Waals surface area contributed by atoms with E-state index in [2.05, 4.69) is 60.7 Å². The molecule has 1 aliphatic carbocycles. The van der Waals surface area contributed by atoms with E-state index in [1.165, 1.54) is 43.2 Å². The third kappa shape index (κ3) is 3.88. The molecule has 0 radical (unpaired) electrons. The molecular formula is C21H29GeN. The van der Waals surface area contributed by atoms with Crippen LogP contribution in [0.3, 0.4) is 0 Å². The predicted octanol–water partition coefficient (Wildman–Crippen LogP) is 5.33. The molecule has 1 saturated carbocycles. The molecule has 1 aromatic carbocycles. The van der Waals surface area contributed by atoms with Gasteiger partial charge in [-0.1, -0.05) is 0 Å². The van der Waals surface area contributed by atoms with Crippen molar-refractivity contribution in [2.24, 2.45) is 5.92 Å². The van der Waals surface area contributed by atoms with Crippen molar-refractivity contribution in [1.82, 2.24) is 4.98 Å². The van der Waals surface area contributed by atoms with E-state index in [1.54, 1.807) is 9.96 Å². The van der Waals surface area contributed by atoms with Crippen LogP contribution in [0.15, 0.2) is 36.5 Å². The van der Waals surface area contributed by atoms with Gasteiger partial charge in [-0.15, -0.1) is 0 Å². The first-order chi connectivity index (χ1) is 10.9. The van der Waals surface area contributed by atoms with Crippen molar-refractivity contribution in [3.8, 4) is 11.3 Å². The van der Waals surface area contributed by atoms with Gasteiger partial charge in [0.15, 0.2) is 0 Å². The summed E-state index contributed by atoms with van der Waals surface area (Å²) in [6.45, 7) is 2.18. The van der Waals surface area contributed by atoms with E-state index >= 15 is 0 Å². The molecule has 0 N–H and O–H groups in total. The summed E-state index contributed by atoms with van der Waals surface area (Å²) >= 11 is -1.88. The predicted molar refractivity (Wildman–Crippen MR) is 103 cm³/mol. The summed E-state index contributed by atoms with van der Waals surface area (Å²) in [6.07, 6.45) is 9.15. The Kier molecular flexibility index (Phi) is 4.96. The van der Waals surface area contributed by atoms with Crippen LogP contribution in [0.5, 0.6) is 0 Å². The van der Waals surface area contributed by atoms with Crippen LogP contribution in [0.2, 0.25) is 17.3 Å². The summed E-state index contributed by atoms with van der Waals surface area (Å²) < 4.78 is 1.61. The minimum absolute atomic E-state index is 0.894. The zero-order chi connectivity index (χ0) is 16.4. The maximum atomic E-state index is 4.86. The van der Waals surface area contributed by atoms with Gasteiger partial charge in [-0.25, -0.2) is 0 Å². The SMILES string of the molecule is Cc1ccccc1-c1cc(CC2CCCC2)[c]([Ge]([CH3])([CH3])[CH3])cn1. The summed E-state index contributed by atoms with van der Waals surface area (Å²) in [6, 6.07) is 11.0. The van der Waals surface area contributed by atoms with Gasteiger partial charge in [-0.2, -0.15) is 0 Å². The third-order valence-corrected chi connectivity index (χ3v) is 9.54. The fraction of sp³-hybridized carbons (Fsp3) is 0.476. The van der Waals surface area contributed by atoms with Crippen molar-refractivity contribution in [1.29, 1.82) is 0 Å². The van der Waals surface area contributed by atoms with Crippen LogP contribution in [0, 0.1) is 12.8 Å². The van der Waals surface area contributed by atoms with Crippen LogP contribution in [-0.4, -0.2) is 18.3 Å². The van der Waals surface area contributed by atoms with Gasteiger partial charge in [0, 0.05) is 0 Å². The van der Waals surface area contributed by atoms with Crippen molar-refractivity contribution in [2.75, 3.05) is 0 Å². The molecule has 0 saturated heterocycles. The van der Waals surface area contributed by atoms with Gasteiger partial charge in [0.2, 0.25) is 0 Å². The molecule has 0 aliphatic heterocycles. The topological polar surface area (TPSA) is 12.9 Å². The second-order valence-electron chi connectivity index (χ2n) is 8.15. The molecule has 0 bridgehead atoms. The fourth-order valence-corrected chi connectivity index (χ4v) is 7.21. The number of nitrogens with zero attached hydrogens (tertiary/aromatic N) is 1. The van der Waals surface area contributed by atoms with Crippen molar-refractivity contribution in [2.45, 2.75) is 56.3 Å². The maximum absolute atomic E-state index is 4.86. The number of aryl methyl sites for hydroxylation is 1. The summed E-state index contributed by atoms with van der Waals surface area (Å²) in [5.74, 6) is 8.36. The Balaban J connectivity index is 2.02. The quantitative estimate of drug-likeness (QED) is 0.665. The Morgan fingerprint density at radius 2 is 1.78 bits per heavy atom. The van der Waals surface area contributed by atoms with Crippen LogP contribution in [0.25, 0.3) is 11.3 Å². The molecule has 1 fully saturated rings. The Morgan fingerprint density at radius 1 is 1.09 bits per heavy atom. The second-order valence-corrected chi connectivity index (χ2v) is 18.7. The Bertz CT molecular complexity index is 678. The van der Waals surface area contributed by atoms with Gasteiger partial charge >= 0.3 is 144 Å². The van der Waals surface area contributed by atoms with Gasteiger partial charge < -0.3 is 0 Å². The monoisotopic (exact) mass is 369 g/mol. The number of rotatable bonds is 4. The molecule has 0 atom stereocenters. The van der Waals surface area contributed by atoms with Crippen molar-refractivity contribution in [3.63, 3.8) is 0 Å². The Labute approximate surface area is 143 Å². The van der Waals surface area contributed by atoms with Crippen molar-refractivity contribution in [3.05, 3.63) is 47.7 Å². The Morgan fingerprint density at radius 3 is 2.43 bits per heavy atom. The molecule has 0 spiro atoms. The van der Waals surface area contributed by atoms with Gasteiger partial charge in [0.1, 0.15) is 0 Å². The average Bonchev–Trinajstić information content (AvgIpc) is 2.99. The molecule has 2 aromatic rings. The fourth-order valence-electron chi connectivity index (χ4n) is 3.87. The van der Waals surface area contributed by atoms with Crippen LogP contribution in [0.1, 0.15) is 36.8 Å². The van der Waals surface area contributed by atoms with Gasteiger partial charge in [-0.05, 0) is 0 Å². The molecule has 1 nitrogen and oxygen atoms in total. The zero-order valence-electron chi connectivity index (χ0n) is 15.0. The van der Waals surface area contributed by atoms with E-state index in [-0.39, 0.29) is 0 Å². The first-order valence-corrected chi connectivity index (χ1v) is 16.3. The summed E-state index contributed by atoms with van der Waals surface area (Å²) in [4.78, 5) is 4.86. The zero-order valence-corrected chi connectivity index (χ0v) is 17.1. The number of aromatic nitrogens is 1. The number of hydrogen-bond acceptors (Lipinski definition) is 1. The van der Waals surface area contributed by atoms with Crippen LogP contribution in [-0.2, 0) is 6.42 Å². The number of pyridine rings is 1. The third-order valence-electron chi connectivity index (χ3n) is 5.20. The second kappa shape index (κ2) is 6.80. The van der Waals surface area contributed by atoms with E-state index in [4.69, 9.17) is 4.98 Å². The van der Waals surface area contributed by atoms with E-state index in [9.17, 15) is 0 Å². The average molecular weight is 368 g/mol. The van der Waals surface area contributed by atoms with Crippen LogP contribution in [0.4, 0.5) is 0 Å². The summed E-state index contributed by atoms with van der Waals surface area (Å²) in [7, 11) is 0. The molecule has 1 heterocycles. The van der Waals surface area contributed by atoms with Gasteiger partial charge in [0.05, 0.1) is 0 Å². The number of hydrogen-bond donors (Lipinski definition) is 0. The normalized spacial score (nSPS) is 16.0. The van der Waals surface area contributed by atoms with Crippen LogP contribution < -0.4 is 4.40 Å². The van der Waals surface area contributed by atoms with E-state index < -0.39 is 13.3 Å². The van der Waals surface area contributed by atoms with Gasteiger partial charge in [-0.3, -0.25) is 0 Å². The van der Waals surface area contributed by atoms with Crippen molar-refractivity contribution < 1.29 is 0 Å². The summed E-state index contributed by atoms with van der Waals surface area (Å²) in [5, 5.41) is 0. The molecule has 122 valence electrons. The molecule has 1 aliphatic rings. The van der Waals surface area contributed by atoms with E-state index in [1.807, 2.05) is 0 Å². The summed E-state index contributed by atoms with van der Waals surface area (Å²) in [5.41, 5.74) is 5.36. The standard InChI is InChI=1S/C21H29GeN/c1-16-9-5-8-12-19(16)21-14-18(13-17-10-6-7-11-17)20(15-23-21)22(2,3)4/h5,8-9,12,14-15,17H,6-7,10-11,13H2,1-4H3. The molecule has 23 heavy (non-hydrogen) atoms. The molecule has 3 rings (SSSR count). The first-order valence-electron chi connectivity index (χ1n) is 9.00. The molecule has 0 unspecified atom stereocenters. The molecule has 2 heteroatoms. The Hall–Kier alpha value is -1.09. The number of benzene rings is 1. The molecule has 0 amide bonds. The van der Waals surface area contributed by atoms with Gasteiger partial charge in [0.25, 0.3) is 0 Å². The minimum atomic E-state index is -1.88. The first kappa shape index (κ1) is 16.8. The van der Waals surface area contributed by atoms with E-state index in [0.717, 1.165) is 11.6 Å². The van der Waals surface area contributed by atoms with Crippen LogP contribution >= 0.6 is 0 Å². The molecular weight excluding hydrogens is 339 g/mol. The van der Waals surface area contributed by atoms with E-state index in [0.29, 0.717) is 0 Å². The van der Waals surface area contributed by atoms with Crippen molar-refractivity contribution >= 4 is 17.7 Å².